The average Bonchev–Trinajstić information content (AvgIpc) is 2.59. The first kappa shape index (κ1) is 12.6. The van der Waals surface area contributed by atoms with Gasteiger partial charge in [-0.05, 0) is 31.9 Å². The highest BCUT2D eigenvalue weighted by Crippen LogP contribution is 2.31. The van der Waals surface area contributed by atoms with E-state index in [1.807, 2.05) is 32.9 Å². The zero-order chi connectivity index (χ0) is 13.4. The molecule has 1 heterocycles. The fourth-order valence-electron chi connectivity index (χ4n) is 2.71. The molecule has 1 aliphatic rings. The predicted molar refractivity (Wildman–Crippen MR) is 70.3 cm³/mol. The van der Waals surface area contributed by atoms with Gasteiger partial charge in [0.25, 0.3) is 0 Å². The van der Waals surface area contributed by atoms with Crippen molar-refractivity contribution >= 4 is 17.5 Å². The Morgan fingerprint density at radius 1 is 1.28 bits per heavy atom. The largest absolute Gasteiger partial charge is 0.369 e. The lowest BCUT2D eigenvalue weighted by Gasteiger charge is -2.22. The third-order valence-corrected chi connectivity index (χ3v) is 3.43. The lowest BCUT2D eigenvalue weighted by atomic mass is 10.0. The molecule has 1 aliphatic heterocycles. The average molecular weight is 246 g/mol. The van der Waals surface area contributed by atoms with Crippen LogP contribution in [0.25, 0.3) is 0 Å². The highest BCUT2D eigenvalue weighted by atomic mass is 16.2. The molecule has 1 aromatic carbocycles. The first-order valence-corrected chi connectivity index (χ1v) is 6.07. The fourth-order valence-corrected chi connectivity index (χ4v) is 2.71. The van der Waals surface area contributed by atoms with Gasteiger partial charge in [0.05, 0.1) is 5.92 Å². The van der Waals surface area contributed by atoms with Crippen LogP contribution in [0.15, 0.2) is 12.1 Å². The minimum atomic E-state index is -0.395. The number of hydrogen-bond donors (Lipinski definition) is 1. The Bertz CT molecular complexity index is 500. The molecule has 0 bridgehead atoms. The SMILES string of the molecule is Cc1cc(C)c(N2CC(C(N)=O)CC2=O)c(C)c1. The van der Waals surface area contributed by atoms with Crippen molar-refractivity contribution < 1.29 is 9.59 Å². The molecule has 4 heteroatoms. The van der Waals surface area contributed by atoms with Crippen molar-refractivity contribution in [3.8, 4) is 0 Å². The molecule has 1 atom stereocenters. The lowest BCUT2D eigenvalue weighted by molar-refractivity contribution is -0.123. The molecule has 0 aliphatic carbocycles. The summed E-state index contributed by atoms with van der Waals surface area (Å²) in [6.45, 7) is 6.40. The Kier molecular flexibility index (Phi) is 3.11. The van der Waals surface area contributed by atoms with E-state index in [9.17, 15) is 9.59 Å². The van der Waals surface area contributed by atoms with Crippen LogP contribution in [0.3, 0.4) is 0 Å². The molecule has 96 valence electrons. The molecule has 2 amide bonds. The number of nitrogens with zero attached hydrogens (tertiary/aromatic N) is 1. The van der Waals surface area contributed by atoms with Crippen molar-refractivity contribution in [2.45, 2.75) is 27.2 Å². The van der Waals surface area contributed by atoms with Crippen LogP contribution in [0.4, 0.5) is 5.69 Å². The van der Waals surface area contributed by atoms with Gasteiger partial charge in [0, 0.05) is 18.7 Å². The molecule has 1 fully saturated rings. The van der Waals surface area contributed by atoms with Crippen LogP contribution in [0.5, 0.6) is 0 Å². The van der Waals surface area contributed by atoms with Gasteiger partial charge < -0.3 is 10.6 Å². The summed E-state index contributed by atoms with van der Waals surface area (Å²) in [5.41, 5.74) is 9.50. The van der Waals surface area contributed by atoms with Gasteiger partial charge in [-0.25, -0.2) is 0 Å². The molecule has 2 N–H and O–H groups in total. The fraction of sp³-hybridized carbons (Fsp3) is 0.429. The molecule has 0 radical (unpaired) electrons. The van der Waals surface area contributed by atoms with E-state index in [1.165, 1.54) is 5.56 Å². The number of hydrogen-bond acceptors (Lipinski definition) is 2. The predicted octanol–water partition coefficient (Wildman–Crippen LogP) is 1.45. The lowest BCUT2D eigenvalue weighted by Crippen LogP contribution is -2.29. The first-order valence-electron chi connectivity index (χ1n) is 6.07. The zero-order valence-electron chi connectivity index (χ0n) is 11.0. The van der Waals surface area contributed by atoms with Crippen molar-refractivity contribution in [1.82, 2.24) is 0 Å². The molecule has 1 aromatic rings. The number of primary amides is 1. The molecule has 1 saturated heterocycles. The van der Waals surface area contributed by atoms with Gasteiger partial charge in [0.15, 0.2) is 0 Å². The molecular weight excluding hydrogens is 228 g/mol. The standard InChI is InChI=1S/C14H18N2O2/c1-8-4-9(2)13(10(3)5-8)16-7-11(14(15)18)6-12(16)17/h4-5,11H,6-7H2,1-3H3,(H2,15,18). The van der Waals surface area contributed by atoms with Gasteiger partial charge in [-0.15, -0.1) is 0 Å². The number of nitrogens with two attached hydrogens (primary N) is 1. The summed E-state index contributed by atoms with van der Waals surface area (Å²) in [4.78, 5) is 24.9. The van der Waals surface area contributed by atoms with Crippen LogP contribution in [-0.2, 0) is 9.59 Å². The topological polar surface area (TPSA) is 63.4 Å². The van der Waals surface area contributed by atoms with E-state index in [2.05, 4.69) is 0 Å². The second-order valence-electron chi connectivity index (χ2n) is 5.06. The number of aryl methyl sites for hydroxylation is 3. The Morgan fingerprint density at radius 3 is 2.28 bits per heavy atom. The molecular formula is C14H18N2O2. The maximum atomic E-state index is 12.0. The third kappa shape index (κ3) is 2.10. The Morgan fingerprint density at radius 2 is 1.83 bits per heavy atom. The second kappa shape index (κ2) is 4.44. The van der Waals surface area contributed by atoms with Crippen LogP contribution >= 0.6 is 0 Å². The highest BCUT2D eigenvalue weighted by molar-refractivity contribution is 6.01. The molecule has 0 spiro atoms. The Labute approximate surface area is 107 Å². The maximum Gasteiger partial charge on any atom is 0.227 e. The van der Waals surface area contributed by atoms with Crippen LogP contribution in [0, 0.1) is 26.7 Å². The molecule has 0 saturated carbocycles. The monoisotopic (exact) mass is 246 g/mol. The van der Waals surface area contributed by atoms with Gasteiger partial charge in [-0.3, -0.25) is 9.59 Å². The quantitative estimate of drug-likeness (QED) is 0.858. The summed E-state index contributed by atoms with van der Waals surface area (Å²) in [7, 11) is 0. The number of carbonyl (C=O) groups is 2. The first-order chi connectivity index (χ1) is 8.40. The van der Waals surface area contributed by atoms with Gasteiger partial charge in [0.1, 0.15) is 0 Å². The summed E-state index contributed by atoms with van der Waals surface area (Å²) < 4.78 is 0. The van der Waals surface area contributed by atoms with Gasteiger partial charge >= 0.3 is 0 Å². The smallest absolute Gasteiger partial charge is 0.227 e. The second-order valence-corrected chi connectivity index (χ2v) is 5.06. The summed E-state index contributed by atoms with van der Waals surface area (Å²) in [5.74, 6) is -0.778. The molecule has 2 rings (SSSR count). The van der Waals surface area contributed by atoms with Crippen molar-refractivity contribution in [3.63, 3.8) is 0 Å². The zero-order valence-corrected chi connectivity index (χ0v) is 11.0. The number of amides is 2. The molecule has 4 nitrogen and oxygen atoms in total. The van der Waals surface area contributed by atoms with E-state index < -0.39 is 5.91 Å². The number of benzene rings is 1. The van der Waals surface area contributed by atoms with Crippen molar-refractivity contribution in [2.75, 3.05) is 11.4 Å². The number of anilines is 1. The number of rotatable bonds is 2. The van der Waals surface area contributed by atoms with E-state index in [-0.39, 0.29) is 18.2 Å². The Hall–Kier alpha value is -1.84. The maximum absolute atomic E-state index is 12.0. The van der Waals surface area contributed by atoms with E-state index in [0.29, 0.717) is 6.54 Å². The van der Waals surface area contributed by atoms with E-state index in [4.69, 9.17) is 5.73 Å². The van der Waals surface area contributed by atoms with Crippen molar-refractivity contribution in [3.05, 3.63) is 28.8 Å². The van der Waals surface area contributed by atoms with Crippen LogP contribution in [0.1, 0.15) is 23.1 Å². The van der Waals surface area contributed by atoms with Crippen LogP contribution in [-0.4, -0.2) is 18.4 Å². The summed E-state index contributed by atoms with van der Waals surface area (Å²) in [6, 6.07) is 4.10. The van der Waals surface area contributed by atoms with Gasteiger partial charge in [-0.2, -0.15) is 0 Å². The highest BCUT2D eigenvalue weighted by Gasteiger charge is 2.35. The minimum Gasteiger partial charge on any atom is -0.369 e. The van der Waals surface area contributed by atoms with E-state index >= 15 is 0 Å². The Balaban J connectivity index is 2.39. The van der Waals surface area contributed by atoms with Crippen LogP contribution in [0.2, 0.25) is 0 Å². The third-order valence-electron chi connectivity index (χ3n) is 3.43. The summed E-state index contributed by atoms with van der Waals surface area (Å²) in [5, 5.41) is 0. The van der Waals surface area contributed by atoms with Crippen molar-refractivity contribution in [1.29, 1.82) is 0 Å². The summed E-state index contributed by atoms with van der Waals surface area (Å²) in [6.07, 6.45) is 0.224. The number of carbonyl (C=O) groups excluding carboxylic acids is 2. The van der Waals surface area contributed by atoms with Crippen LogP contribution < -0.4 is 10.6 Å². The molecule has 0 aromatic heterocycles. The molecule has 18 heavy (non-hydrogen) atoms. The van der Waals surface area contributed by atoms with Crippen molar-refractivity contribution in [2.24, 2.45) is 11.7 Å². The summed E-state index contributed by atoms with van der Waals surface area (Å²) >= 11 is 0. The van der Waals surface area contributed by atoms with Gasteiger partial charge in [-0.1, -0.05) is 17.7 Å². The van der Waals surface area contributed by atoms with E-state index in [1.54, 1.807) is 4.90 Å². The molecule has 1 unspecified atom stereocenters. The van der Waals surface area contributed by atoms with Gasteiger partial charge in [0.2, 0.25) is 11.8 Å². The normalized spacial score (nSPS) is 19.4. The minimum absolute atomic E-state index is 0.0196. The van der Waals surface area contributed by atoms with E-state index in [0.717, 1.165) is 16.8 Å².